The van der Waals surface area contributed by atoms with E-state index in [-0.39, 0.29) is 12.5 Å². The Bertz CT molecular complexity index is 701. The molecule has 6 heteroatoms. The second kappa shape index (κ2) is 7.53. The molecule has 0 saturated carbocycles. The monoisotopic (exact) mass is 346 g/mol. The molecule has 1 aliphatic rings. The summed E-state index contributed by atoms with van der Waals surface area (Å²) in [7, 11) is 0. The molecule has 0 radical (unpaired) electrons. The van der Waals surface area contributed by atoms with Gasteiger partial charge in [-0.15, -0.1) is 0 Å². The smallest absolute Gasteiger partial charge is 0.274 e. The minimum Gasteiger partial charge on any atom is -0.483 e. The number of aryl methyl sites for hydroxylation is 1. The van der Waals surface area contributed by atoms with E-state index in [1.54, 1.807) is 12.1 Å². The number of nitrogens with one attached hydrogen (secondary N) is 1. The number of piperazine rings is 1. The number of anilines is 1. The van der Waals surface area contributed by atoms with Gasteiger partial charge in [-0.05, 0) is 36.8 Å². The molecule has 1 fully saturated rings. The molecule has 24 heavy (non-hydrogen) atoms. The van der Waals surface area contributed by atoms with E-state index in [0.717, 1.165) is 24.5 Å². The maximum Gasteiger partial charge on any atom is 0.274 e. The van der Waals surface area contributed by atoms with Crippen LogP contribution in [0.4, 0.5) is 5.82 Å². The molecule has 1 amide bonds. The maximum atomic E-state index is 12.3. The molecule has 1 aromatic heterocycles. The first kappa shape index (κ1) is 16.6. The minimum absolute atomic E-state index is 0.0149. The molecule has 5 nitrogen and oxygen atoms in total. The highest BCUT2D eigenvalue weighted by atomic mass is 35.5. The van der Waals surface area contributed by atoms with Crippen LogP contribution in [0.15, 0.2) is 42.6 Å². The van der Waals surface area contributed by atoms with Crippen molar-refractivity contribution in [3.63, 3.8) is 0 Å². The number of hydrogen-bond donors (Lipinski definition) is 0. The summed E-state index contributed by atoms with van der Waals surface area (Å²) < 4.78 is 5.65. The molecule has 1 N–H and O–H groups in total. The molecule has 0 unspecified atom stereocenters. The number of pyridine rings is 1. The quantitative estimate of drug-likeness (QED) is 0.852. The van der Waals surface area contributed by atoms with Crippen LogP contribution in [-0.4, -0.2) is 43.6 Å². The van der Waals surface area contributed by atoms with E-state index in [1.165, 1.54) is 0 Å². The van der Waals surface area contributed by atoms with Crippen molar-refractivity contribution < 1.29 is 14.5 Å². The summed E-state index contributed by atoms with van der Waals surface area (Å²) in [6, 6.07) is 11.4. The van der Waals surface area contributed by atoms with Crippen molar-refractivity contribution in [2.24, 2.45) is 0 Å². The third-order valence-corrected chi connectivity index (χ3v) is 4.39. The molecule has 0 aliphatic carbocycles. The van der Waals surface area contributed by atoms with Gasteiger partial charge in [0, 0.05) is 11.1 Å². The van der Waals surface area contributed by atoms with Gasteiger partial charge in [0.25, 0.3) is 11.7 Å². The van der Waals surface area contributed by atoms with Gasteiger partial charge in [-0.1, -0.05) is 17.7 Å². The largest absolute Gasteiger partial charge is 0.483 e. The van der Waals surface area contributed by atoms with Crippen LogP contribution in [0.2, 0.25) is 5.02 Å². The van der Waals surface area contributed by atoms with Gasteiger partial charge in [0.15, 0.2) is 6.61 Å². The van der Waals surface area contributed by atoms with Gasteiger partial charge in [0.1, 0.15) is 18.8 Å². The van der Waals surface area contributed by atoms with Crippen LogP contribution in [0.1, 0.15) is 5.56 Å². The molecule has 0 atom stereocenters. The lowest BCUT2D eigenvalue weighted by Gasteiger charge is -2.30. The first-order valence-electron chi connectivity index (χ1n) is 8.02. The van der Waals surface area contributed by atoms with Gasteiger partial charge in [-0.2, -0.15) is 0 Å². The SMILES string of the molecule is Cc1cc(Cl)ccc1OCC(=O)N1CCN(c2cccc[nH+]2)CC1. The molecular formula is C18H21ClN3O2+. The van der Waals surface area contributed by atoms with E-state index < -0.39 is 0 Å². The Morgan fingerprint density at radius 2 is 2.00 bits per heavy atom. The Labute approximate surface area is 146 Å². The van der Waals surface area contributed by atoms with Crippen molar-refractivity contribution in [1.29, 1.82) is 0 Å². The van der Waals surface area contributed by atoms with Crippen molar-refractivity contribution in [1.82, 2.24) is 4.90 Å². The molecule has 126 valence electrons. The van der Waals surface area contributed by atoms with E-state index in [0.29, 0.717) is 23.9 Å². The summed E-state index contributed by atoms with van der Waals surface area (Å²) in [5.74, 6) is 1.80. The molecule has 0 spiro atoms. The molecule has 0 bridgehead atoms. The zero-order valence-electron chi connectivity index (χ0n) is 13.7. The summed E-state index contributed by atoms with van der Waals surface area (Å²) in [6.45, 7) is 4.99. The summed E-state index contributed by atoms with van der Waals surface area (Å²) in [4.78, 5) is 19.7. The zero-order chi connectivity index (χ0) is 16.9. The number of aromatic amines is 1. The summed E-state index contributed by atoms with van der Waals surface area (Å²) in [5, 5.41) is 0.667. The van der Waals surface area contributed by atoms with Gasteiger partial charge >= 0.3 is 0 Å². The van der Waals surface area contributed by atoms with E-state index in [9.17, 15) is 4.79 Å². The van der Waals surface area contributed by atoms with Crippen LogP contribution in [0, 0.1) is 6.92 Å². The zero-order valence-corrected chi connectivity index (χ0v) is 14.4. The van der Waals surface area contributed by atoms with Gasteiger partial charge in [0.2, 0.25) is 0 Å². The number of nitrogens with zero attached hydrogens (tertiary/aromatic N) is 2. The molecular weight excluding hydrogens is 326 g/mol. The van der Waals surface area contributed by atoms with Crippen LogP contribution in [0.3, 0.4) is 0 Å². The van der Waals surface area contributed by atoms with E-state index >= 15 is 0 Å². The number of amides is 1. The minimum atomic E-state index is 0.0149. The highest BCUT2D eigenvalue weighted by molar-refractivity contribution is 6.30. The molecule has 2 heterocycles. The summed E-state index contributed by atoms with van der Waals surface area (Å²) in [5.41, 5.74) is 0.930. The van der Waals surface area contributed by atoms with Gasteiger partial charge in [0.05, 0.1) is 19.3 Å². The number of hydrogen-bond acceptors (Lipinski definition) is 3. The predicted octanol–water partition coefficient (Wildman–Crippen LogP) is 2.19. The maximum absolute atomic E-state index is 12.3. The van der Waals surface area contributed by atoms with Gasteiger partial charge in [-0.3, -0.25) is 9.69 Å². The topological polar surface area (TPSA) is 46.9 Å². The Morgan fingerprint density at radius 1 is 1.21 bits per heavy atom. The predicted molar refractivity (Wildman–Crippen MR) is 93.5 cm³/mol. The Hall–Kier alpha value is -2.27. The van der Waals surface area contributed by atoms with Crippen molar-refractivity contribution in [2.75, 3.05) is 37.7 Å². The average Bonchev–Trinajstić information content (AvgIpc) is 2.62. The molecule has 1 aliphatic heterocycles. The molecule has 3 rings (SSSR count). The number of halogens is 1. The highest BCUT2D eigenvalue weighted by Crippen LogP contribution is 2.21. The second-order valence-corrected chi connectivity index (χ2v) is 6.25. The van der Waals surface area contributed by atoms with Gasteiger partial charge < -0.3 is 9.64 Å². The number of benzene rings is 1. The summed E-state index contributed by atoms with van der Waals surface area (Å²) >= 11 is 5.93. The third-order valence-electron chi connectivity index (χ3n) is 4.15. The van der Waals surface area contributed by atoms with Crippen LogP contribution in [-0.2, 0) is 4.79 Å². The fourth-order valence-corrected chi connectivity index (χ4v) is 3.01. The number of ether oxygens (including phenoxy) is 1. The number of rotatable bonds is 4. The number of carbonyl (C=O) groups excluding carboxylic acids is 1. The Morgan fingerprint density at radius 3 is 2.67 bits per heavy atom. The molecule has 1 aromatic carbocycles. The lowest BCUT2D eigenvalue weighted by molar-refractivity contribution is -0.364. The van der Waals surface area contributed by atoms with Crippen LogP contribution in [0.25, 0.3) is 0 Å². The van der Waals surface area contributed by atoms with Crippen molar-refractivity contribution in [3.8, 4) is 5.75 Å². The van der Waals surface area contributed by atoms with E-state index in [2.05, 4.69) is 9.88 Å². The molecule has 2 aromatic rings. The Kier molecular flexibility index (Phi) is 5.20. The number of carbonyl (C=O) groups is 1. The lowest BCUT2D eigenvalue weighted by Crippen LogP contribution is -2.51. The fourth-order valence-electron chi connectivity index (χ4n) is 2.78. The Balaban J connectivity index is 1.50. The van der Waals surface area contributed by atoms with Crippen LogP contribution in [0.5, 0.6) is 5.75 Å². The third kappa shape index (κ3) is 3.97. The van der Waals surface area contributed by atoms with Gasteiger partial charge in [-0.25, -0.2) is 4.98 Å². The van der Waals surface area contributed by atoms with Crippen LogP contribution < -0.4 is 14.6 Å². The highest BCUT2D eigenvalue weighted by Gasteiger charge is 2.26. The van der Waals surface area contributed by atoms with E-state index in [1.807, 2.05) is 42.3 Å². The number of H-pyrrole nitrogens is 1. The molecule has 1 saturated heterocycles. The van der Waals surface area contributed by atoms with Crippen molar-refractivity contribution in [3.05, 3.63) is 53.2 Å². The summed E-state index contributed by atoms with van der Waals surface area (Å²) in [6.07, 6.45) is 1.91. The van der Waals surface area contributed by atoms with Crippen molar-refractivity contribution in [2.45, 2.75) is 6.92 Å². The van der Waals surface area contributed by atoms with E-state index in [4.69, 9.17) is 16.3 Å². The van der Waals surface area contributed by atoms with Crippen LogP contribution >= 0.6 is 11.6 Å². The normalized spacial score (nSPS) is 14.6. The fraction of sp³-hybridized carbons (Fsp3) is 0.333. The standard InChI is InChI=1S/C18H20ClN3O2/c1-14-12-15(19)5-6-16(14)24-13-18(23)22-10-8-21(9-11-22)17-4-2-3-7-20-17/h2-7,12H,8-11,13H2,1H3/p+1. The lowest BCUT2D eigenvalue weighted by atomic mass is 10.2. The number of aromatic nitrogens is 1. The second-order valence-electron chi connectivity index (χ2n) is 5.81. The first-order chi connectivity index (χ1) is 11.6. The van der Waals surface area contributed by atoms with Crippen molar-refractivity contribution >= 4 is 23.3 Å². The first-order valence-corrected chi connectivity index (χ1v) is 8.39. The average molecular weight is 347 g/mol.